The molecule has 0 aliphatic carbocycles. The molecule has 3 heterocycles. The number of nitrogens with zero attached hydrogens (tertiary/aromatic N) is 2. The highest BCUT2D eigenvalue weighted by Gasteiger charge is 2.20. The molecule has 1 atom stereocenters. The normalized spacial score (nSPS) is 18.3. The van der Waals surface area contributed by atoms with Gasteiger partial charge in [0.05, 0.1) is 12.7 Å². The van der Waals surface area contributed by atoms with Crippen molar-refractivity contribution in [2.24, 2.45) is 0 Å². The molecular weight excluding hydrogens is 230 g/mol. The summed E-state index contributed by atoms with van der Waals surface area (Å²) in [5.74, 6) is 1.75. The van der Waals surface area contributed by atoms with E-state index in [9.17, 15) is 4.79 Å². The standard InChI is InChI=1S/C13H15N3O2/c17-13(9-11-2-1-7-18-11)15-10-3-5-16-6-4-14-12(16)8-10/h1-2,4,6-7,10H,3,5,8-9H2,(H,15,17). The van der Waals surface area contributed by atoms with Gasteiger partial charge >= 0.3 is 0 Å². The molecule has 2 aromatic rings. The first kappa shape index (κ1) is 11.1. The summed E-state index contributed by atoms with van der Waals surface area (Å²) in [6.07, 6.45) is 7.43. The van der Waals surface area contributed by atoms with Crippen LogP contribution < -0.4 is 5.32 Å². The van der Waals surface area contributed by atoms with Crippen molar-refractivity contribution >= 4 is 5.91 Å². The van der Waals surface area contributed by atoms with Gasteiger partial charge in [-0.15, -0.1) is 0 Å². The second-order valence-corrected chi connectivity index (χ2v) is 4.55. The SMILES string of the molecule is O=C(Cc1ccco1)NC1CCn2ccnc2C1. The van der Waals surface area contributed by atoms with E-state index in [1.807, 2.05) is 18.5 Å². The number of furan rings is 1. The van der Waals surface area contributed by atoms with Crippen molar-refractivity contribution in [3.63, 3.8) is 0 Å². The number of hydrogen-bond donors (Lipinski definition) is 1. The Bertz CT molecular complexity index is 530. The molecule has 1 aliphatic rings. The fraction of sp³-hybridized carbons (Fsp3) is 0.385. The van der Waals surface area contributed by atoms with E-state index in [1.165, 1.54) is 0 Å². The Balaban J connectivity index is 1.56. The van der Waals surface area contributed by atoms with Gasteiger partial charge in [-0.25, -0.2) is 4.98 Å². The van der Waals surface area contributed by atoms with E-state index < -0.39 is 0 Å². The molecule has 0 saturated heterocycles. The summed E-state index contributed by atoms with van der Waals surface area (Å²) < 4.78 is 7.29. The second-order valence-electron chi connectivity index (χ2n) is 4.55. The topological polar surface area (TPSA) is 60.1 Å². The van der Waals surface area contributed by atoms with Gasteiger partial charge < -0.3 is 14.3 Å². The van der Waals surface area contributed by atoms with Crippen molar-refractivity contribution in [3.8, 4) is 0 Å². The molecule has 94 valence electrons. The summed E-state index contributed by atoms with van der Waals surface area (Å²) >= 11 is 0. The maximum absolute atomic E-state index is 11.8. The molecule has 0 saturated carbocycles. The van der Waals surface area contributed by atoms with E-state index in [0.29, 0.717) is 12.2 Å². The highest BCUT2D eigenvalue weighted by atomic mass is 16.3. The van der Waals surface area contributed by atoms with Gasteiger partial charge in [-0.1, -0.05) is 0 Å². The number of aryl methyl sites for hydroxylation is 1. The molecule has 0 radical (unpaired) electrons. The number of imidazole rings is 1. The third-order valence-electron chi connectivity index (χ3n) is 3.23. The largest absolute Gasteiger partial charge is 0.469 e. The Kier molecular flexibility index (Phi) is 2.88. The number of amides is 1. The van der Waals surface area contributed by atoms with Crippen molar-refractivity contribution in [1.82, 2.24) is 14.9 Å². The third-order valence-corrected chi connectivity index (χ3v) is 3.23. The molecule has 0 bridgehead atoms. The summed E-state index contributed by atoms with van der Waals surface area (Å²) in [5, 5.41) is 3.04. The number of rotatable bonds is 3. The van der Waals surface area contributed by atoms with Crippen molar-refractivity contribution in [2.45, 2.75) is 31.8 Å². The lowest BCUT2D eigenvalue weighted by atomic mass is 10.1. The fourth-order valence-electron chi connectivity index (χ4n) is 2.32. The average molecular weight is 245 g/mol. The highest BCUT2D eigenvalue weighted by molar-refractivity contribution is 5.78. The van der Waals surface area contributed by atoms with E-state index in [0.717, 1.165) is 25.2 Å². The first-order valence-corrected chi connectivity index (χ1v) is 6.13. The van der Waals surface area contributed by atoms with Gasteiger partial charge in [0, 0.05) is 31.4 Å². The molecule has 1 N–H and O–H groups in total. The lowest BCUT2D eigenvalue weighted by Gasteiger charge is -2.24. The van der Waals surface area contributed by atoms with Gasteiger partial charge in [-0.05, 0) is 18.6 Å². The Morgan fingerprint density at radius 2 is 2.56 bits per heavy atom. The molecule has 1 aliphatic heterocycles. The molecule has 5 heteroatoms. The van der Waals surface area contributed by atoms with E-state index in [-0.39, 0.29) is 11.9 Å². The quantitative estimate of drug-likeness (QED) is 0.882. The van der Waals surface area contributed by atoms with Crippen LogP contribution in [0.1, 0.15) is 18.0 Å². The van der Waals surface area contributed by atoms with Crippen molar-refractivity contribution in [3.05, 3.63) is 42.4 Å². The zero-order valence-corrected chi connectivity index (χ0v) is 10.0. The number of aromatic nitrogens is 2. The van der Waals surface area contributed by atoms with Crippen LogP contribution in [0.2, 0.25) is 0 Å². The average Bonchev–Trinajstić information content (AvgIpc) is 2.98. The van der Waals surface area contributed by atoms with Gasteiger partial charge in [0.15, 0.2) is 0 Å². The second kappa shape index (κ2) is 4.68. The van der Waals surface area contributed by atoms with Crippen LogP contribution in [0, 0.1) is 0 Å². The molecule has 5 nitrogen and oxygen atoms in total. The summed E-state index contributed by atoms with van der Waals surface area (Å²) in [4.78, 5) is 16.1. The van der Waals surface area contributed by atoms with Gasteiger partial charge in [-0.3, -0.25) is 4.79 Å². The lowest BCUT2D eigenvalue weighted by Crippen LogP contribution is -2.40. The first-order valence-electron chi connectivity index (χ1n) is 6.13. The van der Waals surface area contributed by atoms with Gasteiger partial charge in [0.25, 0.3) is 0 Å². The predicted octanol–water partition coefficient (Wildman–Crippen LogP) is 1.15. The number of hydrogen-bond acceptors (Lipinski definition) is 3. The monoisotopic (exact) mass is 245 g/mol. The number of nitrogens with one attached hydrogen (secondary N) is 1. The van der Waals surface area contributed by atoms with E-state index in [1.54, 1.807) is 12.3 Å². The maximum atomic E-state index is 11.8. The summed E-state index contributed by atoms with van der Waals surface area (Å²) in [7, 11) is 0. The van der Waals surface area contributed by atoms with Crippen LogP contribution in [0.4, 0.5) is 0 Å². The van der Waals surface area contributed by atoms with Gasteiger partial charge in [0.2, 0.25) is 5.91 Å². The number of carbonyl (C=O) groups excluding carboxylic acids is 1. The third kappa shape index (κ3) is 2.30. The Morgan fingerprint density at radius 1 is 1.61 bits per heavy atom. The Hall–Kier alpha value is -2.04. The van der Waals surface area contributed by atoms with Gasteiger partial charge in [0.1, 0.15) is 11.6 Å². The van der Waals surface area contributed by atoms with E-state index in [2.05, 4.69) is 14.9 Å². The van der Waals surface area contributed by atoms with E-state index in [4.69, 9.17) is 4.42 Å². The number of fused-ring (bicyclic) bond motifs is 1. The minimum atomic E-state index is 0.00922. The van der Waals surface area contributed by atoms with Crippen LogP contribution >= 0.6 is 0 Å². The van der Waals surface area contributed by atoms with E-state index >= 15 is 0 Å². The zero-order chi connectivity index (χ0) is 12.4. The maximum Gasteiger partial charge on any atom is 0.227 e. The van der Waals surface area contributed by atoms with Crippen molar-refractivity contribution in [2.75, 3.05) is 0 Å². The van der Waals surface area contributed by atoms with Crippen LogP contribution in [0.25, 0.3) is 0 Å². The van der Waals surface area contributed by atoms with Crippen LogP contribution in [-0.2, 0) is 24.2 Å². The zero-order valence-electron chi connectivity index (χ0n) is 10.0. The lowest BCUT2D eigenvalue weighted by molar-refractivity contribution is -0.121. The number of carbonyl (C=O) groups is 1. The van der Waals surface area contributed by atoms with Crippen LogP contribution in [0.15, 0.2) is 35.2 Å². The molecule has 1 amide bonds. The molecule has 0 aromatic carbocycles. The molecular formula is C13H15N3O2. The van der Waals surface area contributed by atoms with Crippen molar-refractivity contribution in [1.29, 1.82) is 0 Å². The minimum absolute atomic E-state index is 0.00922. The Morgan fingerprint density at radius 3 is 3.39 bits per heavy atom. The molecule has 1 unspecified atom stereocenters. The summed E-state index contributed by atoms with van der Waals surface area (Å²) in [6.45, 7) is 0.918. The molecule has 2 aromatic heterocycles. The Labute approximate surface area is 105 Å². The molecule has 3 rings (SSSR count). The van der Waals surface area contributed by atoms with Crippen LogP contribution in [0.3, 0.4) is 0 Å². The highest BCUT2D eigenvalue weighted by Crippen LogP contribution is 2.13. The van der Waals surface area contributed by atoms with Gasteiger partial charge in [-0.2, -0.15) is 0 Å². The molecule has 0 spiro atoms. The van der Waals surface area contributed by atoms with Crippen molar-refractivity contribution < 1.29 is 9.21 Å². The predicted molar refractivity (Wildman–Crippen MR) is 64.9 cm³/mol. The van der Waals surface area contributed by atoms with Crippen LogP contribution in [0.5, 0.6) is 0 Å². The smallest absolute Gasteiger partial charge is 0.227 e. The fourth-order valence-corrected chi connectivity index (χ4v) is 2.32. The minimum Gasteiger partial charge on any atom is -0.469 e. The summed E-state index contributed by atoms with van der Waals surface area (Å²) in [6, 6.07) is 3.79. The first-order chi connectivity index (χ1) is 8.81. The summed E-state index contributed by atoms with van der Waals surface area (Å²) in [5.41, 5.74) is 0. The molecule has 0 fully saturated rings. The van der Waals surface area contributed by atoms with Crippen LogP contribution in [-0.4, -0.2) is 21.5 Å². The molecule has 18 heavy (non-hydrogen) atoms.